The molecule has 94 valence electrons. The number of hydrogen-bond acceptors (Lipinski definition) is 4. The highest BCUT2D eigenvalue weighted by molar-refractivity contribution is 14.1. The largest absolute Gasteiger partial charge is 0.573 e. The highest BCUT2D eigenvalue weighted by Gasteiger charge is 2.35. The molecule has 0 N–H and O–H groups in total. The summed E-state index contributed by atoms with van der Waals surface area (Å²) in [5.41, 5.74) is -0.478. The van der Waals surface area contributed by atoms with E-state index in [1.165, 1.54) is 29.7 Å². The van der Waals surface area contributed by atoms with Crippen LogP contribution in [0.1, 0.15) is 10.4 Å². The molecule has 0 radical (unpaired) electrons. The van der Waals surface area contributed by atoms with Gasteiger partial charge >= 0.3 is 6.36 Å². The summed E-state index contributed by atoms with van der Waals surface area (Å²) in [4.78, 5) is 14.6. The van der Waals surface area contributed by atoms with Gasteiger partial charge in [-0.1, -0.05) is 0 Å². The van der Waals surface area contributed by atoms with Crippen LogP contribution in [0.4, 0.5) is 13.2 Å². The van der Waals surface area contributed by atoms with Crippen molar-refractivity contribution in [2.24, 2.45) is 0 Å². The van der Waals surface area contributed by atoms with Crippen LogP contribution in [-0.4, -0.2) is 23.7 Å². The fraction of sp³-hybridized carbons (Fsp3) is 0.250. The van der Waals surface area contributed by atoms with Crippen molar-refractivity contribution in [1.29, 1.82) is 0 Å². The molecule has 0 aliphatic heterocycles. The first-order valence-corrected chi connectivity index (χ1v) is 5.40. The molecule has 0 saturated heterocycles. The molecule has 0 aliphatic carbocycles. The third-order valence-electron chi connectivity index (χ3n) is 1.57. The number of hydrogen-bond donors (Lipinski definition) is 0. The lowest BCUT2D eigenvalue weighted by Gasteiger charge is -2.14. The molecule has 1 aromatic heterocycles. The van der Waals surface area contributed by atoms with E-state index in [9.17, 15) is 18.0 Å². The third kappa shape index (κ3) is 3.60. The molecule has 0 atom stereocenters. The molecule has 0 unspecified atom stereocenters. The van der Waals surface area contributed by atoms with E-state index in [0.29, 0.717) is 0 Å². The van der Waals surface area contributed by atoms with Crippen molar-refractivity contribution >= 4 is 39.4 Å². The normalized spacial score (nSPS) is 11.2. The number of ether oxygens (including phenoxy) is 2. The lowest BCUT2D eigenvalue weighted by molar-refractivity contribution is -0.275. The minimum absolute atomic E-state index is 0.0890. The molecular weight excluding hydrogens is 377 g/mol. The predicted molar refractivity (Wildman–Crippen MR) is 60.4 cm³/mol. The Bertz CT molecular complexity index is 452. The number of carbonyl (C=O) groups excluding carboxylic acids is 1. The Kier molecular flexibility index (Phi) is 4.42. The van der Waals surface area contributed by atoms with E-state index in [4.69, 9.17) is 16.3 Å². The fourth-order valence-electron chi connectivity index (χ4n) is 0.952. The number of nitrogens with zero attached hydrogens (tertiary/aromatic N) is 1. The molecule has 4 nitrogen and oxygen atoms in total. The van der Waals surface area contributed by atoms with E-state index in [1.807, 2.05) is 0 Å². The van der Waals surface area contributed by atoms with Gasteiger partial charge in [-0.15, -0.1) is 13.2 Å². The quantitative estimate of drug-likeness (QED) is 0.597. The lowest BCUT2D eigenvalue weighted by Crippen LogP contribution is -2.20. The van der Waals surface area contributed by atoms with Crippen LogP contribution in [0, 0.1) is 3.57 Å². The van der Waals surface area contributed by atoms with Crippen LogP contribution in [0.15, 0.2) is 6.20 Å². The van der Waals surface area contributed by atoms with Gasteiger partial charge in [0.1, 0.15) is 3.57 Å². The molecule has 0 amide bonds. The van der Waals surface area contributed by atoms with E-state index < -0.39 is 22.9 Å². The maximum Gasteiger partial charge on any atom is 0.573 e. The highest BCUT2D eigenvalue weighted by atomic mass is 127. The fourth-order valence-corrected chi connectivity index (χ4v) is 1.85. The van der Waals surface area contributed by atoms with E-state index in [2.05, 4.69) is 9.72 Å². The lowest BCUT2D eigenvalue weighted by atomic mass is 10.3. The van der Waals surface area contributed by atoms with Gasteiger partial charge in [0, 0.05) is 6.20 Å². The Balaban J connectivity index is 3.35. The van der Waals surface area contributed by atoms with Gasteiger partial charge in [-0.3, -0.25) is 4.79 Å². The van der Waals surface area contributed by atoms with Gasteiger partial charge in [0.25, 0.3) is 5.24 Å². The third-order valence-corrected chi connectivity index (χ3v) is 2.72. The zero-order valence-corrected chi connectivity index (χ0v) is 11.1. The molecule has 0 aliphatic rings. The van der Waals surface area contributed by atoms with Crippen LogP contribution in [0.25, 0.3) is 0 Å². The van der Waals surface area contributed by atoms with E-state index in [0.717, 1.165) is 6.20 Å². The van der Waals surface area contributed by atoms with E-state index in [-0.39, 0.29) is 9.45 Å². The van der Waals surface area contributed by atoms with Crippen molar-refractivity contribution in [3.8, 4) is 11.6 Å². The summed E-state index contributed by atoms with van der Waals surface area (Å²) in [7, 11) is 1.23. The number of alkyl halides is 3. The summed E-state index contributed by atoms with van der Waals surface area (Å²) >= 11 is 6.65. The van der Waals surface area contributed by atoms with Crippen molar-refractivity contribution in [1.82, 2.24) is 4.98 Å². The van der Waals surface area contributed by atoms with Gasteiger partial charge in [-0.2, -0.15) is 0 Å². The standard InChI is InChI=1S/C8H4ClF3INO3/c1-16-7-4(13)5(17-8(10,11)12)3(2-14-7)6(9)15/h2H,1H3. The smallest absolute Gasteiger partial charge is 0.480 e. The first-order valence-electron chi connectivity index (χ1n) is 3.94. The number of methoxy groups -OCH3 is 1. The van der Waals surface area contributed by atoms with Crippen molar-refractivity contribution in [3.05, 3.63) is 15.3 Å². The van der Waals surface area contributed by atoms with Crippen LogP contribution < -0.4 is 9.47 Å². The number of carbonyl (C=O) groups is 1. The number of rotatable bonds is 3. The van der Waals surface area contributed by atoms with Crippen LogP contribution in [-0.2, 0) is 0 Å². The Morgan fingerprint density at radius 1 is 1.53 bits per heavy atom. The highest BCUT2D eigenvalue weighted by Crippen LogP contribution is 2.35. The van der Waals surface area contributed by atoms with Crippen LogP contribution in [0.2, 0.25) is 0 Å². The first-order chi connectivity index (χ1) is 7.76. The monoisotopic (exact) mass is 381 g/mol. The summed E-state index contributed by atoms with van der Waals surface area (Å²) in [5, 5.41) is -1.10. The molecule has 0 bridgehead atoms. The number of aromatic nitrogens is 1. The van der Waals surface area contributed by atoms with Crippen molar-refractivity contribution < 1.29 is 27.4 Å². The molecule has 1 aromatic rings. The average molecular weight is 381 g/mol. The van der Waals surface area contributed by atoms with Gasteiger partial charge in [0.05, 0.1) is 12.7 Å². The predicted octanol–water partition coefficient (Wildman–Crippen LogP) is 2.97. The SMILES string of the molecule is COc1ncc(C(=O)Cl)c(OC(F)(F)F)c1I. The second kappa shape index (κ2) is 5.25. The Morgan fingerprint density at radius 2 is 2.12 bits per heavy atom. The average Bonchev–Trinajstić information content (AvgIpc) is 2.18. The van der Waals surface area contributed by atoms with Gasteiger partial charge < -0.3 is 9.47 Å². The topological polar surface area (TPSA) is 48.4 Å². The molecule has 0 saturated carbocycles. The summed E-state index contributed by atoms with van der Waals surface area (Å²) < 4.78 is 44.8. The molecule has 1 rings (SSSR count). The summed E-state index contributed by atoms with van der Waals surface area (Å²) in [6, 6.07) is 0. The molecule has 0 aromatic carbocycles. The molecule has 1 heterocycles. The van der Waals surface area contributed by atoms with Gasteiger partial charge in [-0.25, -0.2) is 4.98 Å². The van der Waals surface area contributed by atoms with Gasteiger partial charge in [0.15, 0.2) is 5.75 Å². The minimum atomic E-state index is -4.94. The first kappa shape index (κ1) is 14.3. The zero-order chi connectivity index (χ0) is 13.2. The Labute approximate surface area is 112 Å². The van der Waals surface area contributed by atoms with Crippen LogP contribution in [0.3, 0.4) is 0 Å². The number of halogens is 5. The molecule has 0 fully saturated rings. The summed E-state index contributed by atoms with van der Waals surface area (Å²) in [5.74, 6) is -0.809. The molecule has 0 spiro atoms. The Morgan fingerprint density at radius 3 is 2.53 bits per heavy atom. The molecule has 9 heteroatoms. The van der Waals surface area contributed by atoms with Crippen molar-refractivity contribution in [2.45, 2.75) is 6.36 Å². The maximum atomic E-state index is 12.2. The van der Waals surface area contributed by atoms with Crippen molar-refractivity contribution in [2.75, 3.05) is 7.11 Å². The van der Waals surface area contributed by atoms with Crippen LogP contribution >= 0.6 is 34.2 Å². The number of pyridine rings is 1. The van der Waals surface area contributed by atoms with Gasteiger partial charge in [-0.05, 0) is 34.2 Å². The maximum absolute atomic E-state index is 12.2. The van der Waals surface area contributed by atoms with E-state index in [1.54, 1.807) is 0 Å². The zero-order valence-electron chi connectivity index (χ0n) is 8.14. The second-order valence-corrected chi connectivity index (χ2v) is 4.07. The van der Waals surface area contributed by atoms with Crippen molar-refractivity contribution in [3.63, 3.8) is 0 Å². The van der Waals surface area contributed by atoms with E-state index >= 15 is 0 Å². The minimum Gasteiger partial charge on any atom is -0.480 e. The van der Waals surface area contributed by atoms with Gasteiger partial charge in [0.2, 0.25) is 5.88 Å². The summed E-state index contributed by atoms with van der Waals surface area (Å²) in [6.45, 7) is 0. The Hall–Kier alpha value is -0.770. The molecular formula is C8H4ClF3INO3. The molecule has 17 heavy (non-hydrogen) atoms. The van der Waals surface area contributed by atoms with Crippen LogP contribution in [0.5, 0.6) is 11.6 Å². The summed E-state index contributed by atoms with van der Waals surface area (Å²) in [6.07, 6.45) is -4.08. The second-order valence-electron chi connectivity index (χ2n) is 2.65.